The molecule has 2 aliphatic heterocycles. The topological polar surface area (TPSA) is 119 Å². The number of carbonyl (C=O) groups is 3. The van der Waals surface area contributed by atoms with Crippen LogP contribution in [0, 0.1) is 10.1 Å². The van der Waals surface area contributed by atoms with Gasteiger partial charge in [-0.1, -0.05) is 18.2 Å². The molecule has 2 aliphatic rings. The Morgan fingerprint density at radius 1 is 1.20 bits per heavy atom. The quantitative estimate of drug-likeness (QED) is 0.284. The van der Waals surface area contributed by atoms with Crippen LogP contribution < -0.4 is 4.74 Å². The summed E-state index contributed by atoms with van der Waals surface area (Å²) >= 11 is 4.23. The molecule has 2 aromatic rings. The highest BCUT2D eigenvalue weighted by atomic mass is 79.9. The minimum Gasteiger partial charge on any atom is -0.483 e. The lowest BCUT2D eigenvalue weighted by molar-refractivity contribution is -0.384. The van der Waals surface area contributed by atoms with Crippen molar-refractivity contribution in [1.82, 2.24) is 9.80 Å². The van der Waals surface area contributed by atoms with Crippen LogP contribution in [0.5, 0.6) is 5.75 Å². The van der Waals surface area contributed by atoms with Crippen LogP contribution in [0.4, 0.5) is 10.5 Å². The van der Waals surface area contributed by atoms with Crippen molar-refractivity contribution in [2.75, 3.05) is 32.9 Å². The number of amides is 3. The van der Waals surface area contributed by atoms with Gasteiger partial charge in [-0.2, -0.15) is 0 Å². The smallest absolute Gasteiger partial charge is 0.293 e. The molecule has 0 spiro atoms. The van der Waals surface area contributed by atoms with Crippen LogP contribution in [-0.4, -0.2) is 64.7 Å². The molecule has 0 aliphatic carbocycles. The molecule has 2 saturated heterocycles. The van der Waals surface area contributed by atoms with E-state index in [0.717, 1.165) is 16.7 Å². The predicted octanol–water partition coefficient (Wildman–Crippen LogP) is 3.83. The van der Waals surface area contributed by atoms with Crippen molar-refractivity contribution in [3.63, 3.8) is 0 Å². The van der Waals surface area contributed by atoms with Crippen molar-refractivity contribution in [2.24, 2.45) is 0 Å². The zero-order valence-electron chi connectivity index (χ0n) is 18.3. The fourth-order valence-corrected chi connectivity index (χ4v) is 4.86. The van der Waals surface area contributed by atoms with E-state index in [9.17, 15) is 24.5 Å². The number of rotatable bonds is 7. The third-order valence-corrected chi connectivity index (χ3v) is 6.83. The van der Waals surface area contributed by atoms with Crippen molar-refractivity contribution in [3.8, 4) is 5.75 Å². The summed E-state index contributed by atoms with van der Waals surface area (Å²) in [6.45, 7) is 1.95. The summed E-state index contributed by atoms with van der Waals surface area (Å²) in [6.07, 6.45) is 1.59. The second-order valence-electron chi connectivity index (χ2n) is 7.67. The summed E-state index contributed by atoms with van der Waals surface area (Å²) in [4.78, 5) is 51.0. The molecule has 2 aromatic carbocycles. The number of hydrogen-bond donors (Lipinski definition) is 0. The van der Waals surface area contributed by atoms with E-state index in [1.165, 1.54) is 18.2 Å². The van der Waals surface area contributed by atoms with Crippen LogP contribution in [0.2, 0.25) is 0 Å². The van der Waals surface area contributed by atoms with Gasteiger partial charge in [-0.05, 0) is 57.0 Å². The van der Waals surface area contributed by atoms with Crippen LogP contribution in [0.15, 0.2) is 51.8 Å². The number of thioether (sulfide) groups is 1. The van der Waals surface area contributed by atoms with E-state index >= 15 is 0 Å². The average Bonchev–Trinajstić information content (AvgIpc) is 3.11. The summed E-state index contributed by atoms with van der Waals surface area (Å²) < 4.78 is 11.5. The molecule has 12 heteroatoms. The first-order chi connectivity index (χ1) is 16.8. The first kappa shape index (κ1) is 24.9. The van der Waals surface area contributed by atoms with Gasteiger partial charge in [-0.25, -0.2) is 0 Å². The molecule has 0 aromatic heterocycles. The zero-order valence-corrected chi connectivity index (χ0v) is 20.7. The fourth-order valence-electron chi connectivity index (χ4n) is 3.51. The van der Waals surface area contributed by atoms with Gasteiger partial charge in [0.05, 0.1) is 34.1 Å². The lowest BCUT2D eigenvalue weighted by Crippen LogP contribution is -2.43. The third kappa shape index (κ3) is 6.08. The third-order valence-electron chi connectivity index (χ3n) is 5.30. The van der Waals surface area contributed by atoms with Gasteiger partial charge in [0.15, 0.2) is 6.61 Å². The monoisotopic (exact) mass is 561 g/mol. The number of carbonyl (C=O) groups excluding carboxylic acids is 3. The number of benzene rings is 2. The van der Waals surface area contributed by atoms with Gasteiger partial charge in [0.1, 0.15) is 5.75 Å². The van der Waals surface area contributed by atoms with Gasteiger partial charge in [0, 0.05) is 25.2 Å². The molecule has 0 atom stereocenters. The van der Waals surface area contributed by atoms with Crippen molar-refractivity contribution in [3.05, 3.63) is 73.1 Å². The molecule has 182 valence electrons. The molecule has 3 amide bonds. The standard InChI is InChI=1S/C23H20BrN3O7S/c24-18-11-15(4-5-19(18)34-14-21(28)25-6-8-33-9-7-25)12-20-22(29)26(23(30)35-20)13-16-2-1-3-17(10-16)27(31)32/h1-5,10-12H,6-9,13-14H2/b20-12-. The molecule has 2 heterocycles. The highest BCUT2D eigenvalue weighted by Gasteiger charge is 2.35. The Morgan fingerprint density at radius 2 is 1.97 bits per heavy atom. The number of nitro groups is 1. The van der Waals surface area contributed by atoms with Gasteiger partial charge in [0.2, 0.25) is 0 Å². The maximum atomic E-state index is 12.8. The number of nitro benzene ring substituents is 1. The Morgan fingerprint density at radius 3 is 2.69 bits per heavy atom. The van der Waals surface area contributed by atoms with Crippen LogP contribution in [-0.2, 0) is 20.9 Å². The molecular weight excluding hydrogens is 542 g/mol. The summed E-state index contributed by atoms with van der Waals surface area (Å²) in [5.41, 5.74) is 1.03. The van der Waals surface area contributed by atoms with Gasteiger partial charge in [-0.15, -0.1) is 0 Å². The van der Waals surface area contributed by atoms with Crippen molar-refractivity contribution in [2.45, 2.75) is 6.54 Å². The van der Waals surface area contributed by atoms with E-state index in [1.54, 1.807) is 35.2 Å². The fraction of sp³-hybridized carbons (Fsp3) is 0.261. The average molecular weight is 562 g/mol. The van der Waals surface area contributed by atoms with Crippen molar-refractivity contribution < 1.29 is 28.8 Å². The summed E-state index contributed by atoms with van der Waals surface area (Å²) in [5.74, 6) is -0.122. The molecular formula is C23H20BrN3O7S. The van der Waals surface area contributed by atoms with Crippen LogP contribution in [0.1, 0.15) is 11.1 Å². The molecule has 35 heavy (non-hydrogen) atoms. The molecule has 0 unspecified atom stereocenters. The molecule has 0 N–H and O–H groups in total. The Labute approximate surface area is 213 Å². The van der Waals surface area contributed by atoms with Gasteiger partial charge >= 0.3 is 0 Å². The lowest BCUT2D eigenvalue weighted by Gasteiger charge is -2.26. The van der Waals surface area contributed by atoms with Crippen LogP contribution in [0.3, 0.4) is 0 Å². The molecule has 0 saturated carbocycles. The summed E-state index contributed by atoms with van der Waals surface area (Å²) in [7, 11) is 0. The number of non-ortho nitro benzene ring substituents is 1. The minimum atomic E-state index is -0.527. The number of morpholine rings is 1. The van der Waals surface area contributed by atoms with E-state index in [1.807, 2.05) is 0 Å². The zero-order chi connectivity index (χ0) is 24.9. The molecule has 0 radical (unpaired) electrons. The van der Waals surface area contributed by atoms with E-state index in [4.69, 9.17) is 9.47 Å². The number of ether oxygens (including phenoxy) is 2. The number of imide groups is 1. The molecule has 0 bridgehead atoms. The van der Waals surface area contributed by atoms with Crippen molar-refractivity contribution in [1.29, 1.82) is 0 Å². The molecule has 4 rings (SSSR count). The van der Waals surface area contributed by atoms with Gasteiger partial charge < -0.3 is 14.4 Å². The largest absolute Gasteiger partial charge is 0.483 e. The maximum absolute atomic E-state index is 12.8. The number of halogens is 1. The van der Waals surface area contributed by atoms with E-state index in [-0.39, 0.29) is 29.7 Å². The minimum absolute atomic E-state index is 0.0582. The first-order valence-corrected chi connectivity index (χ1v) is 12.2. The second-order valence-corrected chi connectivity index (χ2v) is 9.51. The van der Waals surface area contributed by atoms with Gasteiger partial charge in [0.25, 0.3) is 22.7 Å². The van der Waals surface area contributed by atoms with Crippen LogP contribution in [0.25, 0.3) is 6.08 Å². The summed E-state index contributed by atoms with van der Waals surface area (Å²) in [5, 5.41) is 10.5. The first-order valence-electron chi connectivity index (χ1n) is 10.6. The van der Waals surface area contributed by atoms with E-state index in [2.05, 4.69) is 15.9 Å². The Balaban J connectivity index is 1.41. The number of hydrogen-bond acceptors (Lipinski definition) is 8. The van der Waals surface area contributed by atoms with Crippen molar-refractivity contribution >= 4 is 56.5 Å². The lowest BCUT2D eigenvalue weighted by atomic mass is 10.2. The Hall–Kier alpha value is -3.22. The molecule has 2 fully saturated rings. The number of nitrogens with zero attached hydrogens (tertiary/aromatic N) is 3. The van der Waals surface area contributed by atoms with Gasteiger partial charge in [-0.3, -0.25) is 29.4 Å². The van der Waals surface area contributed by atoms with E-state index < -0.39 is 16.1 Å². The highest BCUT2D eigenvalue weighted by molar-refractivity contribution is 9.10. The normalized spacial score (nSPS) is 17.2. The SMILES string of the molecule is O=C(COc1ccc(/C=C2\SC(=O)N(Cc3cccc([N+](=O)[O-])c3)C2=O)cc1Br)N1CCOCC1. The van der Waals surface area contributed by atoms with Crippen LogP contribution >= 0.6 is 27.7 Å². The molecule has 10 nitrogen and oxygen atoms in total. The summed E-state index contributed by atoms with van der Waals surface area (Å²) in [6, 6.07) is 10.9. The van der Waals surface area contributed by atoms with E-state index in [0.29, 0.717) is 47.7 Å². The Kier molecular flexibility index (Phi) is 7.83. The highest BCUT2D eigenvalue weighted by Crippen LogP contribution is 2.35. The Bertz CT molecular complexity index is 1210. The maximum Gasteiger partial charge on any atom is 0.293 e. The second kappa shape index (κ2) is 11.0. The predicted molar refractivity (Wildman–Crippen MR) is 132 cm³/mol.